The van der Waals surface area contributed by atoms with Crippen molar-refractivity contribution in [3.05, 3.63) is 29.8 Å². The summed E-state index contributed by atoms with van der Waals surface area (Å²) in [6.07, 6.45) is 5.21. The molecule has 3 N–H and O–H groups in total. The number of benzene rings is 1. The molecule has 1 aromatic rings. The van der Waals surface area contributed by atoms with E-state index >= 15 is 0 Å². The molecule has 3 aliphatic rings. The molecule has 0 radical (unpaired) electrons. The minimum atomic E-state index is -3.67. The lowest BCUT2D eigenvalue weighted by Gasteiger charge is -2.30. The summed E-state index contributed by atoms with van der Waals surface area (Å²) in [6, 6.07) is 6.84. The van der Waals surface area contributed by atoms with Crippen molar-refractivity contribution in [1.82, 2.24) is 10.2 Å². The molecule has 140 valence electrons. The average Bonchev–Trinajstić information content (AvgIpc) is 3.20. The normalized spacial score (nSPS) is 30.0. The predicted molar refractivity (Wildman–Crippen MR) is 98.3 cm³/mol. The highest BCUT2D eigenvalue weighted by Gasteiger charge is 2.39. The number of fused-ring (bicyclic) bond motifs is 1. The number of amidine groups is 1. The molecule has 8 heteroatoms. The highest BCUT2D eigenvalue weighted by Crippen LogP contribution is 2.31. The third-order valence-electron chi connectivity index (χ3n) is 5.56. The van der Waals surface area contributed by atoms with Crippen LogP contribution in [0.2, 0.25) is 0 Å². The number of carbonyl (C=O) groups excluding carboxylic acids is 1. The number of sulfonamides is 1. The Hall–Kier alpha value is -1.93. The Bertz CT molecular complexity index is 844. The molecule has 1 saturated heterocycles. The summed E-state index contributed by atoms with van der Waals surface area (Å²) in [5.74, 6) is 0.372. The minimum absolute atomic E-state index is 0.0348. The minimum Gasteiger partial charge on any atom is -0.352 e. The molecule has 1 aromatic carbocycles. The number of rotatable bonds is 2. The van der Waals surface area contributed by atoms with Gasteiger partial charge >= 0.3 is 0 Å². The van der Waals surface area contributed by atoms with E-state index in [0.717, 1.165) is 32.1 Å². The van der Waals surface area contributed by atoms with Gasteiger partial charge in [-0.3, -0.25) is 4.79 Å². The number of hydrogen-bond acceptors (Lipinski definition) is 5. The van der Waals surface area contributed by atoms with Crippen LogP contribution in [0.4, 0.5) is 0 Å². The summed E-state index contributed by atoms with van der Waals surface area (Å²) >= 11 is 0. The third-order valence-corrected chi connectivity index (χ3v) is 6.88. The first-order valence-electron chi connectivity index (χ1n) is 9.23. The largest absolute Gasteiger partial charge is 0.352 e. The van der Waals surface area contributed by atoms with Gasteiger partial charge < -0.3 is 16.0 Å². The van der Waals surface area contributed by atoms with E-state index in [4.69, 9.17) is 5.73 Å². The summed E-state index contributed by atoms with van der Waals surface area (Å²) < 4.78 is 28.6. The van der Waals surface area contributed by atoms with Crippen LogP contribution in [0.5, 0.6) is 0 Å². The Kier molecular flexibility index (Phi) is 4.48. The van der Waals surface area contributed by atoms with Crippen LogP contribution in [0.25, 0.3) is 0 Å². The molecule has 26 heavy (non-hydrogen) atoms. The summed E-state index contributed by atoms with van der Waals surface area (Å²) in [5, 5.41) is 3.14. The maximum absolute atomic E-state index is 12.8. The van der Waals surface area contributed by atoms with Crippen LogP contribution < -0.4 is 11.1 Å². The number of amides is 1. The molecule has 0 spiro atoms. The van der Waals surface area contributed by atoms with E-state index in [1.54, 1.807) is 24.3 Å². The van der Waals surface area contributed by atoms with Crippen LogP contribution in [-0.4, -0.2) is 49.7 Å². The molecule has 2 fully saturated rings. The Labute approximate surface area is 153 Å². The van der Waals surface area contributed by atoms with Crippen LogP contribution in [0.1, 0.15) is 44.1 Å². The summed E-state index contributed by atoms with van der Waals surface area (Å²) in [7, 11) is -3.67. The first-order chi connectivity index (χ1) is 12.5. The van der Waals surface area contributed by atoms with Crippen molar-refractivity contribution in [1.29, 1.82) is 0 Å². The molecule has 1 unspecified atom stereocenters. The van der Waals surface area contributed by atoms with Crippen molar-refractivity contribution in [3.63, 3.8) is 0 Å². The van der Waals surface area contributed by atoms with Crippen LogP contribution >= 0.6 is 0 Å². The highest BCUT2D eigenvalue weighted by atomic mass is 32.2. The van der Waals surface area contributed by atoms with Gasteiger partial charge in [-0.05, 0) is 50.7 Å². The Morgan fingerprint density at radius 1 is 1.15 bits per heavy atom. The van der Waals surface area contributed by atoms with E-state index < -0.39 is 10.0 Å². The predicted octanol–water partition coefficient (Wildman–Crippen LogP) is 0.986. The molecule has 1 amide bonds. The topological polar surface area (TPSA) is 105 Å². The van der Waals surface area contributed by atoms with E-state index in [2.05, 4.69) is 9.71 Å². The van der Waals surface area contributed by atoms with Gasteiger partial charge in [0.15, 0.2) is 5.84 Å². The van der Waals surface area contributed by atoms with Gasteiger partial charge in [-0.15, -0.1) is 4.40 Å². The van der Waals surface area contributed by atoms with E-state index in [1.807, 2.05) is 4.90 Å². The van der Waals surface area contributed by atoms with Crippen molar-refractivity contribution in [3.8, 4) is 0 Å². The SMILES string of the molecule is NC1CCC(NC(=O)C2CCCN2C2=NS(=O)(=O)c3ccccc32)CC1. The molecule has 4 rings (SSSR count). The third kappa shape index (κ3) is 3.12. The maximum atomic E-state index is 12.8. The Morgan fingerprint density at radius 3 is 2.65 bits per heavy atom. The fourth-order valence-corrected chi connectivity index (χ4v) is 5.37. The molecular weight excluding hydrogens is 352 g/mol. The monoisotopic (exact) mass is 376 g/mol. The van der Waals surface area contributed by atoms with Gasteiger partial charge in [0.05, 0.1) is 0 Å². The summed E-state index contributed by atoms with van der Waals surface area (Å²) in [4.78, 5) is 14.9. The van der Waals surface area contributed by atoms with Gasteiger partial charge in [-0.1, -0.05) is 12.1 Å². The summed E-state index contributed by atoms with van der Waals surface area (Å²) in [6.45, 7) is 0.635. The van der Waals surface area contributed by atoms with Gasteiger partial charge in [-0.2, -0.15) is 8.42 Å². The molecule has 0 bridgehead atoms. The quantitative estimate of drug-likeness (QED) is 0.801. The fraction of sp³-hybridized carbons (Fsp3) is 0.556. The van der Waals surface area contributed by atoms with E-state index in [9.17, 15) is 13.2 Å². The number of carbonyl (C=O) groups is 1. The van der Waals surface area contributed by atoms with Crippen molar-refractivity contribution >= 4 is 21.8 Å². The van der Waals surface area contributed by atoms with Crippen molar-refractivity contribution < 1.29 is 13.2 Å². The lowest BCUT2D eigenvalue weighted by Crippen LogP contribution is -2.50. The van der Waals surface area contributed by atoms with E-state index in [1.165, 1.54) is 0 Å². The molecule has 1 atom stereocenters. The Morgan fingerprint density at radius 2 is 1.88 bits per heavy atom. The van der Waals surface area contributed by atoms with Crippen LogP contribution in [0, 0.1) is 0 Å². The van der Waals surface area contributed by atoms with Gasteiger partial charge in [0.1, 0.15) is 10.9 Å². The molecule has 1 aliphatic carbocycles. The van der Waals surface area contributed by atoms with Crippen LogP contribution in [0.15, 0.2) is 33.6 Å². The molecule has 2 aliphatic heterocycles. The second-order valence-corrected chi connectivity index (χ2v) is 8.93. The van der Waals surface area contributed by atoms with Crippen LogP contribution in [0.3, 0.4) is 0 Å². The zero-order chi connectivity index (χ0) is 18.3. The number of likely N-dealkylation sites (tertiary alicyclic amines) is 1. The van der Waals surface area contributed by atoms with Crippen molar-refractivity contribution in [2.24, 2.45) is 10.1 Å². The van der Waals surface area contributed by atoms with Gasteiger partial charge in [0.2, 0.25) is 5.91 Å². The van der Waals surface area contributed by atoms with Gasteiger partial charge in [0.25, 0.3) is 10.0 Å². The summed E-state index contributed by atoms with van der Waals surface area (Å²) in [5.41, 5.74) is 6.53. The second-order valence-electron chi connectivity index (χ2n) is 7.36. The van der Waals surface area contributed by atoms with Crippen molar-refractivity contribution in [2.75, 3.05) is 6.54 Å². The number of nitrogens with two attached hydrogens (primary N) is 1. The lowest BCUT2D eigenvalue weighted by atomic mass is 9.91. The van der Waals surface area contributed by atoms with Crippen molar-refractivity contribution in [2.45, 2.75) is 61.5 Å². The molecule has 7 nitrogen and oxygen atoms in total. The first-order valence-corrected chi connectivity index (χ1v) is 10.7. The molecule has 1 saturated carbocycles. The average molecular weight is 376 g/mol. The smallest absolute Gasteiger partial charge is 0.285 e. The first kappa shape index (κ1) is 17.5. The highest BCUT2D eigenvalue weighted by molar-refractivity contribution is 7.90. The zero-order valence-electron chi connectivity index (χ0n) is 14.6. The molecular formula is C18H24N4O3S. The van der Waals surface area contributed by atoms with Crippen LogP contribution in [-0.2, 0) is 14.8 Å². The standard InChI is InChI=1S/C18H24N4O3S/c19-12-7-9-13(10-8-12)20-18(23)15-5-3-11-22(15)17-14-4-1-2-6-16(14)26(24,25)21-17/h1-2,4,6,12-13,15H,3,5,7-11,19H2,(H,20,23). The zero-order valence-corrected chi connectivity index (χ0v) is 15.4. The van der Waals surface area contributed by atoms with Gasteiger partial charge in [0, 0.05) is 24.2 Å². The number of nitrogens with zero attached hydrogens (tertiary/aromatic N) is 2. The fourth-order valence-electron chi connectivity index (χ4n) is 4.15. The lowest BCUT2D eigenvalue weighted by molar-refractivity contribution is -0.125. The maximum Gasteiger partial charge on any atom is 0.285 e. The van der Waals surface area contributed by atoms with Gasteiger partial charge in [-0.25, -0.2) is 0 Å². The van der Waals surface area contributed by atoms with E-state index in [0.29, 0.717) is 24.4 Å². The molecule has 2 heterocycles. The number of hydrogen-bond donors (Lipinski definition) is 2. The van der Waals surface area contributed by atoms with E-state index in [-0.39, 0.29) is 28.9 Å². The number of nitrogens with one attached hydrogen (secondary N) is 1. The molecule has 0 aromatic heterocycles. The second kappa shape index (κ2) is 6.66. The Balaban J connectivity index is 1.53.